The van der Waals surface area contributed by atoms with Crippen LogP contribution >= 0.6 is 15.9 Å². The molecule has 0 aliphatic rings. The molecule has 99 valence electrons. The molecule has 4 aromatic carbocycles. The topological polar surface area (TPSA) is 0 Å². The van der Waals surface area contributed by atoms with Gasteiger partial charge in [0.2, 0.25) is 0 Å². The Bertz CT molecular complexity index is 989. The summed E-state index contributed by atoms with van der Waals surface area (Å²) in [6.45, 7) is 2.11. The van der Waals surface area contributed by atoms with E-state index in [9.17, 15) is 0 Å². The zero-order valence-corrected chi connectivity index (χ0v) is 13.3. The predicted octanol–water partition coefficient (Wildman–Crippen LogP) is 5.29. The summed E-state index contributed by atoms with van der Waals surface area (Å²) in [5, 5.41) is 7.82. The Morgan fingerprint density at radius 3 is 1.86 bits per heavy atom. The van der Waals surface area contributed by atoms with Gasteiger partial charge in [-0.2, -0.15) is 0 Å². The van der Waals surface area contributed by atoms with E-state index in [0.717, 1.165) is 4.47 Å². The smallest absolute Gasteiger partial charge is 0.0872 e. The highest BCUT2D eigenvalue weighted by atomic mass is 79.9. The standard InChI is InChI=1S/C19H13BBr/c1-20-18-10-16-13-7-3-5-9-15(13)19(21)11-17(16)12-6-2-4-8-14(12)18/h2-11H,1H3. The van der Waals surface area contributed by atoms with Crippen LogP contribution in [0, 0.1) is 0 Å². The molecule has 21 heavy (non-hydrogen) atoms. The second kappa shape index (κ2) is 4.89. The van der Waals surface area contributed by atoms with Gasteiger partial charge in [0.15, 0.2) is 0 Å². The summed E-state index contributed by atoms with van der Waals surface area (Å²) >= 11 is 3.73. The molecule has 2 heteroatoms. The monoisotopic (exact) mass is 331 g/mol. The maximum absolute atomic E-state index is 3.73. The maximum atomic E-state index is 3.73. The van der Waals surface area contributed by atoms with Crippen LogP contribution in [0.4, 0.5) is 0 Å². The summed E-state index contributed by atoms with van der Waals surface area (Å²) in [7, 11) is 2.19. The number of fused-ring (bicyclic) bond motifs is 5. The fourth-order valence-electron chi connectivity index (χ4n) is 3.17. The molecule has 0 aliphatic heterocycles. The van der Waals surface area contributed by atoms with Gasteiger partial charge in [-0.25, -0.2) is 0 Å². The molecule has 4 aromatic rings. The minimum Gasteiger partial charge on any atom is -0.0872 e. The zero-order chi connectivity index (χ0) is 14.4. The van der Waals surface area contributed by atoms with Crippen molar-refractivity contribution in [2.75, 3.05) is 0 Å². The predicted molar refractivity (Wildman–Crippen MR) is 97.9 cm³/mol. The fourth-order valence-corrected chi connectivity index (χ4v) is 3.75. The Morgan fingerprint density at radius 1 is 0.667 bits per heavy atom. The van der Waals surface area contributed by atoms with Crippen LogP contribution in [0.2, 0.25) is 6.82 Å². The Kier molecular flexibility index (Phi) is 3.00. The molecule has 0 bridgehead atoms. The van der Waals surface area contributed by atoms with Crippen molar-refractivity contribution in [2.24, 2.45) is 0 Å². The Labute approximate surface area is 133 Å². The van der Waals surface area contributed by atoms with Gasteiger partial charge in [-0.15, -0.1) is 0 Å². The quantitative estimate of drug-likeness (QED) is 0.328. The summed E-state index contributed by atoms with van der Waals surface area (Å²) in [4.78, 5) is 0. The average molecular weight is 332 g/mol. The van der Waals surface area contributed by atoms with Gasteiger partial charge in [0, 0.05) is 4.47 Å². The first-order valence-corrected chi connectivity index (χ1v) is 7.91. The Hall–Kier alpha value is -1.80. The molecule has 0 spiro atoms. The van der Waals surface area contributed by atoms with Crippen molar-refractivity contribution in [3.63, 3.8) is 0 Å². The summed E-state index contributed by atoms with van der Waals surface area (Å²) in [5.74, 6) is 0. The van der Waals surface area contributed by atoms with Gasteiger partial charge in [-0.3, -0.25) is 0 Å². The van der Waals surface area contributed by atoms with Crippen molar-refractivity contribution in [3.8, 4) is 0 Å². The van der Waals surface area contributed by atoms with Gasteiger partial charge in [0.05, 0.1) is 0 Å². The number of hydrogen-bond acceptors (Lipinski definition) is 0. The van der Waals surface area contributed by atoms with Crippen LogP contribution in [-0.2, 0) is 0 Å². The molecule has 0 aromatic heterocycles. The lowest BCUT2D eigenvalue weighted by atomic mass is 9.70. The van der Waals surface area contributed by atoms with Gasteiger partial charge in [0.25, 0.3) is 0 Å². The van der Waals surface area contributed by atoms with Crippen LogP contribution in [0.3, 0.4) is 0 Å². The van der Waals surface area contributed by atoms with Gasteiger partial charge < -0.3 is 0 Å². The fraction of sp³-hybridized carbons (Fsp3) is 0.0526. The Balaban J connectivity index is 2.33. The maximum Gasteiger partial charge on any atom is 0.149 e. The van der Waals surface area contributed by atoms with E-state index in [0.29, 0.717) is 0 Å². The van der Waals surface area contributed by atoms with Crippen molar-refractivity contribution in [1.82, 2.24) is 0 Å². The van der Waals surface area contributed by atoms with Crippen LogP contribution < -0.4 is 5.46 Å². The molecular formula is C19H13BBr. The number of rotatable bonds is 1. The highest BCUT2D eigenvalue weighted by Gasteiger charge is 2.10. The molecule has 0 nitrogen and oxygen atoms in total. The van der Waals surface area contributed by atoms with Crippen molar-refractivity contribution < 1.29 is 0 Å². The third-order valence-corrected chi connectivity index (χ3v) is 4.83. The largest absolute Gasteiger partial charge is 0.149 e. The highest BCUT2D eigenvalue weighted by Crippen LogP contribution is 2.34. The lowest BCUT2D eigenvalue weighted by Crippen LogP contribution is -2.11. The first-order chi connectivity index (χ1) is 10.3. The average Bonchev–Trinajstić information content (AvgIpc) is 2.55. The molecule has 0 aliphatic carbocycles. The lowest BCUT2D eigenvalue weighted by Gasteiger charge is -2.12. The second-order valence-corrected chi connectivity index (χ2v) is 6.15. The molecule has 0 saturated carbocycles. The molecule has 0 fully saturated rings. The van der Waals surface area contributed by atoms with E-state index >= 15 is 0 Å². The highest BCUT2D eigenvalue weighted by molar-refractivity contribution is 9.10. The van der Waals surface area contributed by atoms with E-state index in [2.05, 4.69) is 90.7 Å². The summed E-state index contributed by atoms with van der Waals surface area (Å²) in [5.41, 5.74) is 1.30. The van der Waals surface area contributed by atoms with Crippen LogP contribution in [-0.4, -0.2) is 7.28 Å². The minimum absolute atomic E-state index is 1.16. The minimum atomic E-state index is 1.16. The van der Waals surface area contributed by atoms with Gasteiger partial charge in [-0.05, 0) is 38.4 Å². The zero-order valence-electron chi connectivity index (χ0n) is 11.7. The normalized spacial score (nSPS) is 11.3. The van der Waals surface area contributed by atoms with Crippen LogP contribution in [0.1, 0.15) is 0 Å². The van der Waals surface area contributed by atoms with Gasteiger partial charge in [0.1, 0.15) is 7.28 Å². The number of hydrogen-bond donors (Lipinski definition) is 0. The molecular weight excluding hydrogens is 319 g/mol. The number of benzene rings is 4. The van der Waals surface area contributed by atoms with Gasteiger partial charge >= 0.3 is 0 Å². The molecule has 0 N–H and O–H groups in total. The third kappa shape index (κ3) is 1.90. The second-order valence-electron chi connectivity index (χ2n) is 5.30. The van der Waals surface area contributed by atoms with Crippen molar-refractivity contribution in [1.29, 1.82) is 0 Å². The van der Waals surface area contributed by atoms with E-state index in [4.69, 9.17) is 0 Å². The van der Waals surface area contributed by atoms with Crippen molar-refractivity contribution >= 4 is 61.0 Å². The van der Waals surface area contributed by atoms with E-state index in [1.54, 1.807) is 0 Å². The molecule has 0 unspecified atom stereocenters. The first kappa shape index (κ1) is 12.9. The third-order valence-electron chi connectivity index (χ3n) is 4.17. The molecule has 0 atom stereocenters. The van der Waals surface area contributed by atoms with E-state index < -0.39 is 0 Å². The molecule has 0 saturated heterocycles. The van der Waals surface area contributed by atoms with Crippen molar-refractivity contribution in [3.05, 3.63) is 65.1 Å². The van der Waals surface area contributed by atoms with E-state index in [1.807, 2.05) is 0 Å². The summed E-state index contributed by atoms with van der Waals surface area (Å²) in [6.07, 6.45) is 0. The molecule has 1 radical (unpaired) electrons. The number of halogens is 1. The van der Waals surface area contributed by atoms with Crippen LogP contribution in [0.5, 0.6) is 0 Å². The summed E-state index contributed by atoms with van der Waals surface area (Å²) in [6, 6.07) is 21.8. The summed E-state index contributed by atoms with van der Waals surface area (Å²) < 4.78 is 1.16. The van der Waals surface area contributed by atoms with Crippen LogP contribution in [0.25, 0.3) is 32.3 Å². The molecule has 0 heterocycles. The van der Waals surface area contributed by atoms with Crippen molar-refractivity contribution in [2.45, 2.75) is 6.82 Å². The van der Waals surface area contributed by atoms with E-state index in [1.165, 1.54) is 37.8 Å². The first-order valence-electron chi connectivity index (χ1n) is 7.11. The Morgan fingerprint density at radius 2 is 1.19 bits per heavy atom. The van der Waals surface area contributed by atoms with Crippen LogP contribution in [0.15, 0.2) is 65.1 Å². The molecule has 0 amide bonds. The molecule has 4 rings (SSSR count). The SMILES string of the molecule is C[B]c1cc2c3ccccc3c(Br)cc2c2ccccc12. The van der Waals surface area contributed by atoms with E-state index in [-0.39, 0.29) is 0 Å². The van der Waals surface area contributed by atoms with Gasteiger partial charge in [-0.1, -0.05) is 82.8 Å². The lowest BCUT2D eigenvalue weighted by molar-refractivity contribution is 1.76.